The van der Waals surface area contributed by atoms with Gasteiger partial charge in [-0.25, -0.2) is 4.98 Å². The highest BCUT2D eigenvalue weighted by molar-refractivity contribution is 7.07. The first-order valence-corrected chi connectivity index (χ1v) is 4.09. The van der Waals surface area contributed by atoms with Crippen molar-refractivity contribution in [2.24, 2.45) is 0 Å². The van der Waals surface area contributed by atoms with Crippen molar-refractivity contribution >= 4 is 11.3 Å². The van der Waals surface area contributed by atoms with Gasteiger partial charge in [0.2, 0.25) is 0 Å². The second-order valence-electron chi connectivity index (χ2n) is 1.73. The van der Waals surface area contributed by atoms with Crippen LogP contribution in [-0.2, 0) is 11.4 Å². The summed E-state index contributed by atoms with van der Waals surface area (Å²) in [5.41, 5.74) is 5.62. The highest BCUT2D eigenvalue weighted by Gasteiger charge is 1.91. The second kappa shape index (κ2) is 4.38. The number of nitrogens with zero attached hydrogens (tertiary/aromatic N) is 1. The average molecular weight is 158 g/mol. The third-order valence-electron chi connectivity index (χ3n) is 0.983. The third-order valence-corrected chi connectivity index (χ3v) is 1.62. The molecule has 0 radical (unpaired) electrons. The van der Waals surface area contributed by atoms with E-state index in [4.69, 9.17) is 4.84 Å². The zero-order valence-electron chi connectivity index (χ0n) is 5.83. The maximum atomic E-state index is 4.92. The standard InChI is InChI=1S/C6H10N2OS/c1-2-9-8-3-6-4-10-5-7-6/h4-5,8H,2-3H2,1H3. The van der Waals surface area contributed by atoms with Gasteiger partial charge < -0.3 is 4.84 Å². The van der Waals surface area contributed by atoms with Crippen LogP contribution in [0.2, 0.25) is 0 Å². The van der Waals surface area contributed by atoms with Gasteiger partial charge >= 0.3 is 0 Å². The molecule has 4 heteroatoms. The molecule has 0 fully saturated rings. The number of hydrogen-bond acceptors (Lipinski definition) is 4. The van der Waals surface area contributed by atoms with E-state index in [-0.39, 0.29) is 0 Å². The van der Waals surface area contributed by atoms with Gasteiger partial charge in [-0.05, 0) is 6.92 Å². The Labute approximate surface area is 64.0 Å². The molecule has 1 aromatic rings. The molecular formula is C6H10N2OS. The van der Waals surface area contributed by atoms with E-state index in [0.717, 1.165) is 5.69 Å². The smallest absolute Gasteiger partial charge is 0.0795 e. The van der Waals surface area contributed by atoms with Gasteiger partial charge in [0.15, 0.2) is 0 Å². The molecular weight excluding hydrogens is 148 g/mol. The fourth-order valence-electron chi connectivity index (χ4n) is 0.552. The van der Waals surface area contributed by atoms with Crippen LogP contribution in [0.1, 0.15) is 12.6 Å². The summed E-state index contributed by atoms with van der Waals surface area (Å²) >= 11 is 1.59. The summed E-state index contributed by atoms with van der Waals surface area (Å²) < 4.78 is 0. The largest absolute Gasteiger partial charge is 0.302 e. The zero-order chi connectivity index (χ0) is 7.23. The normalized spacial score (nSPS) is 10.1. The Morgan fingerprint density at radius 1 is 1.80 bits per heavy atom. The predicted molar refractivity (Wildman–Crippen MR) is 40.6 cm³/mol. The molecule has 0 atom stereocenters. The molecule has 56 valence electrons. The Hall–Kier alpha value is -0.450. The van der Waals surface area contributed by atoms with Crippen LogP contribution in [0.25, 0.3) is 0 Å². The number of hydrogen-bond donors (Lipinski definition) is 1. The van der Waals surface area contributed by atoms with Crippen molar-refractivity contribution in [3.63, 3.8) is 0 Å². The molecule has 0 aliphatic rings. The molecule has 0 amide bonds. The number of nitrogens with one attached hydrogen (secondary N) is 1. The summed E-state index contributed by atoms with van der Waals surface area (Å²) in [7, 11) is 0. The van der Waals surface area contributed by atoms with Gasteiger partial charge in [0, 0.05) is 5.38 Å². The van der Waals surface area contributed by atoms with Crippen LogP contribution in [0.5, 0.6) is 0 Å². The lowest BCUT2D eigenvalue weighted by Crippen LogP contribution is -2.13. The summed E-state index contributed by atoms with van der Waals surface area (Å²) in [6, 6.07) is 0. The van der Waals surface area contributed by atoms with Crippen molar-refractivity contribution in [2.75, 3.05) is 6.61 Å². The third kappa shape index (κ3) is 2.43. The van der Waals surface area contributed by atoms with E-state index in [1.807, 2.05) is 17.8 Å². The van der Waals surface area contributed by atoms with E-state index in [2.05, 4.69) is 10.5 Å². The van der Waals surface area contributed by atoms with E-state index in [9.17, 15) is 0 Å². The molecule has 0 saturated heterocycles. The Balaban J connectivity index is 2.15. The maximum Gasteiger partial charge on any atom is 0.0795 e. The molecule has 1 N–H and O–H groups in total. The van der Waals surface area contributed by atoms with Crippen LogP contribution >= 0.6 is 11.3 Å². The van der Waals surface area contributed by atoms with Gasteiger partial charge in [0.1, 0.15) is 0 Å². The Bertz CT molecular complexity index is 164. The minimum atomic E-state index is 0.685. The monoisotopic (exact) mass is 158 g/mol. The second-order valence-corrected chi connectivity index (χ2v) is 2.45. The van der Waals surface area contributed by atoms with Crippen molar-refractivity contribution in [1.82, 2.24) is 10.5 Å². The van der Waals surface area contributed by atoms with Crippen molar-refractivity contribution in [2.45, 2.75) is 13.5 Å². The molecule has 0 bridgehead atoms. The van der Waals surface area contributed by atoms with Crippen molar-refractivity contribution < 1.29 is 4.84 Å². The van der Waals surface area contributed by atoms with Crippen LogP contribution in [0, 0.1) is 0 Å². The Kier molecular flexibility index (Phi) is 3.35. The SMILES string of the molecule is CCONCc1cscn1. The molecule has 0 aliphatic carbocycles. The first-order valence-electron chi connectivity index (χ1n) is 3.15. The van der Waals surface area contributed by atoms with Crippen LogP contribution in [-0.4, -0.2) is 11.6 Å². The van der Waals surface area contributed by atoms with E-state index >= 15 is 0 Å². The molecule has 0 spiro atoms. The average Bonchev–Trinajstić information content (AvgIpc) is 2.41. The first-order chi connectivity index (χ1) is 4.93. The zero-order valence-corrected chi connectivity index (χ0v) is 6.65. The summed E-state index contributed by atoms with van der Waals surface area (Å²) in [4.78, 5) is 8.99. The molecule has 10 heavy (non-hydrogen) atoms. The van der Waals surface area contributed by atoms with Gasteiger partial charge in [-0.2, -0.15) is 5.48 Å². The minimum Gasteiger partial charge on any atom is -0.302 e. The van der Waals surface area contributed by atoms with Gasteiger partial charge in [-0.15, -0.1) is 11.3 Å². The van der Waals surface area contributed by atoms with Crippen molar-refractivity contribution in [1.29, 1.82) is 0 Å². The van der Waals surface area contributed by atoms with Gasteiger partial charge in [0.05, 0.1) is 24.4 Å². The van der Waals surface area contributed by atoms with Gasteiger partial charge in [-0.3, -0.25) is 0 Å². The summed E-state index contributed by atoms with van der Waals surface area (Å²) in [5.74, 6) is 0. The number of hydroxylamine groups is 1. The van der Waals surface area contributed by atoms with Crippen LogP contribution in [0.4, 0.5) is 0 Å². The lowest BCUT2D eigenvalue weighted by atomic mass is 10.5. The molecule has 1 aromatic heterocycles. The maximum absolute atomic E-state index is 4.92. The summed E-state index contributed by atoms with van der Waals surface area (Å²) in [5, 5.41) is 1.99. The quantitative estimate of drug-likeness (QED) is 0.528. The Morgan fingerprint density at radius 3 is 3.30 bits per heavy atom. The Morgan fingerprint density at radius 2 is 2.70 bits per heavy atom. The predicted octanol–water partition coefficient (Wildman–Crippen LogP) is 1.18. The van der Waals surface area contributed by atoms with Crippen LogP contribution in [0.15, 0.2) is 10.9 Å². The van der Waals surface area contributed by atoms with Gasteiger partial charge in [0.25, 0.3) is 0 Å². The fraction of sp³-hybridized carbons (Fsp3) is 0.500. The van der Waals surface area contributed by atoms with Crippen LogP contribution in [0.3, 0.4) is 0 Å². The van der Waals surface area contributed by atoms with Crippen molar-refractivity contribution in [3.8, 4) is 0 Å². The fourth-order valence-corrected chi connectivity index (χ4v) is 1.11. The van der Waals surface area contributed by atoms with Crippen molar-refractivity contribution in [3.05, 3.63) is 16.6 Å². The molecule has 0 aliphatic heterocycles. The molecule has 1 heterocycles. The minimum absolute atomic E-state index is 0.685. The summed E-state index contributed by atoms with van der Waals surface area (Å²) in [6.07, 6.45) is 0. The van der Waals surface area contributed by atoms with E-state index in [0.29, 0.717) is 13.2 Å². The molecule has 3 nitrogen and oxygen atoms in total. The highest BCUT2D eigenvalue weighted by atomic mass is 32.1. The molecule has 0 saturated carbocycles. The van der Waals surface area contributed by atoms with E-state index in [1.54, 1.807) is 11.3 Å². The number of aromatic nitrogens is 1. The molecule has 1 rings (SSSR count). The highest BCUT2D eigenvalue weighted by Crippen LogP contribution is 1.99. The lowest BCUT2D eigenvalue weighted by molar-refractivity contribution is 0.0457. The lowest BCUT2D eigenvalue weighted by Gasteiger charge is -1.98. The number of thiazole rings is 1. The summed E-state index contributed by atoms with van der Waals surface area (Å²) in [6.45, 7) is 3.32. The van der Waals surface area contributed by atoms with Crippen LogP contribution < -0.4 is 5.48 Å². The van der Waals surface area contributed by atoms with E-state index < -0.39 is 0 Å². The number of rotatable bonds is 4. The van der Waals surface area contributed by atoms with Gasteiger partial charge in [-0.1, -0.05) is 0 Å². The van der Waals surface area contributed by atoms with E-state index in [1.165, 1.54) is 0 Å². The first kappa shape index (κ1) is 7.65. The molecule has 0 aromatic carbocycles. The molecule has 0 unspecified atom stereocenters. The topological polar surface area (TPSA) is 34.1 Å².